The number of aliphatic hydroxyl groups is 1. The van der Waals surface area contributed by atoms with Gasteiger partial charge in [0.1, 0.15) is 18.0 Å². The number of anilines is 2. The maximum atomic E-state index is 10.1. The van der Waals surface area contributed by atoms with Crippen molar-refractivity contribution in [2.75, 3.05) is 23.7 Å². The fraction of sp³-hybridized carbons (Fsp3) is 0.467. The van der Waals surface area contributed by atoms with E-state index >= 15 is 0 Å². The van der Waals surface area contributed by atoms with Gasteiger partial charge in [0.05, 0.1) is 6.10 Å². The lowest BCUT2D eigenvalue weighted by molar-refractivity contribution is 0.192. The molecule has 2 aromatic heterocycles. The van der Waals surface area contributed by atoms with Gasteiger partial charge >= 0.3 is 0 Å². The monoisotopic (exact) mass is 306 g/mol. The van der Waals surface area contributed by atoms with Crippen molar-refractivity contribution in [1.82, 2.24) is 9.97 Å². The molecule has 0 radical (unpaired) electrons. The van der Waals surface area contributed by atoms with E-state index in [0.29, 0.717) is 6.54 Å². The van der Waals surface area contributed by atoms with E-state index in [9.17, 15) is 5.11 Å². The van der Waals surface area contributed by atoms with E-state index in [0.717, 1.165) is 42.1 Å². The summed E-state index contributed by atoms with van der Waals surface area (Å²) < 4.78 is 0. The Kier molecular flexibility index (Phi) is 5.95. The predicted octanol–water partition coefficient (Wildman–Crippen LogP) is 3.07. The van der Waals surface area contributed by atoms with Crippen molar-refractivity contribution in [1.29, 1.82) is 0 Å². The minimum Gasteiger partial charge on any atom is -0.387 e. The molecule has 0 fully saturated rings. The van der Waals surface area contributed by atoms with Crippen molar-refractivity contribution in [2.45, 2.75) is 32.8 Å². The van der Waals surface area contributed by atoms with Crippen LogP contribution in [0.25, 0.3) is 0 Å². The Labute approximate surface area is 129 Å². The Bertz CT molecular complexity index is 545. The molecule has 1 unspecified atom stereocenters. The zero-order chi connectivity index (χ0) is 15.1. The van der Waals surface area contributed by atoms with Crippen LogP contribution < -0.4 is 10.6 Å². The van der Waals surface area contributed by atoms with Crippen LogP contribution in [0.5, 0.6) is 0 Å². The van der Waals surface area contributed by atoms with E-state index in [-0.39, 0.29) is 0 Å². The van der Waals surface area contributed by atoms with Crippen molar-refractivity contribution in [3.8, 4) is 0 Å². The summed E-state index contributed by atoms with van der Waals surface area (Å²) in [5, 5.41) is 20.6. The van der Waals surface area contributed by atoms with E-state index in [1.54, 1.807) is 17.7 Å². The van der Waals surface area contributed by atoms with Gasteiger partial charge in [0.2, 0.25) is 0 Å². The van der Waals surface area contributed by atoms with E-state index in [4.69, 9.17) is 0 Å². The summed E-state index contributed by atoms with van der Waals surface area (Å²) in [6, 6.07) is 1.94. The number of rotatable bonds is 8. The van der Waals surface area contributed by atoms with Crippen LogP contribution in [0.4, 0.5) is 11.6 Å². The first kappa shape index (κ1) is 15.7. The number of aliphatic hydroxyl groups excluding tert-OH is 1. The lowest BCUT2D eigenvalue weighted by Crippen LogP contribution is -2.15. The molecule has 0 aromatic carbocycles. The zero-order valence-electron chi connectivity index (χ0n) is 12.5. The van der Waals surface area contributed by atoms with Crippen LogP contribution >= 0.6 is 11.3 Å². The number of thiophene rings is 1. The van der Waals surface area contributed by atoms with Gasteiger partial charge in [-0.05, 0) is 35.7 Å². The van der Waals surface area contributed by atoms with Gasteiger partial charge in [0.25, 0.3) is 0 Å². The molecule has 2 heterocycles. The SMILES string of the molecule is CCCc1c(NCC)ncnc1NCC(O)c1ccsc1. The van der Waals surface area contributed by atoms with Gasteiger partial charge in [0, 0.05) is 18.7 Å². The van der Waals surface area contributed by atoms with Crippen LogP contribution in [0.3, 0.4) is 0 Å². The molecule has 0 aliphatic heterocycles. The molecule has 1 atom stereocenters. The van der Waals surface area contributed by atoms with Crippen molar-refractivity contribution in [2.24, 2.45) is 0 Å². The van der Waals surface area contributed by atoms with E-state index in [1.807, 2.05) is 23.8 Å². The normalized spacial score (nSPS) is 12.1. The lowest BCUT2D eigenvalue weighted by atomic mass is 10.1. The molecule has 5 nitrogen and oxygen atoms in total. The van der Waals surface area contributed by atoms with Gasteiger partial charge < -0.3 is 15.7 Å². The molecule has 2 aromatic rings. The number of hydrogen-bond donors (Lipinski definition) is 3. The Hall–Kier alpha value is -1.66. The second-order valence-electron chi connectivity index (χ2n) is 4.78. The quantitative estimate of drug-likeness (QED) is 0.699. The maximum Gasteiger partial charge on any atom is 0.134 e. The maximum absolute atomic E-state index is 10.1. The van der Waals surface area contributed by atoms with Gasteiger partial charge in [-0.2, -0.15) is 11.3 Å². The summed E-state index contributed by atoms with van der Waals surface area (Å²) in [6.45, 7) is 5.44. The zero-order valence-corrected chi connectivity index (χ0v) is 13.3. The summed E-state index contributed by atoms with van der Waals surface area (Å²) in [5.41, 5.74) is 2.02. The number of nitrogens with one attached hydrogen (secondary N) is 2. The Morgan fingerprint density at radius 3 is 2.62 bits per heavy atom. The van der Waals surface area contributed by atoms with Gasteiger partial charge in [-0.25, -0.2) is 9.97 Å². The Morgan fingerprint density at radius 1 is 1.24 bits per heavy atom. The molecule has 3 N–H and O–H groups in total. The van der Waals surface area contributed by atoms with Crippen molar-refractivity contribution < 1.29 is 5.11 Å². The Morgan fingerprint density at radius 2 is 2.00 bits per heavy atom. The van der Waals surface area contributed by atoms with Gasteiger partial charge in [-0.1, -0.05) is 13.3 Å². The van der Waals surface area contributed by atoms with Crippen LogP contribution in [0.1, 0.15) is 37.5 Å². The standard InChI is InChI=1S/C15H22N4OS/c1-3-5-12-14(16-4-2)18-10-19-15(12)17-8-13(20)11-6-7-21-9-11/h6-7,9-10,13,20H,3-5,8H2,1-2H3,(H2,16,17,18,19). The molecular formula is C15H22N4OS. The predicted molar refractivity (Wildman–Crippen MR) is 88.0 cm³/mol. The second-order valence-corrected chi connectivity index (χ2v) is 5.56. The highest BCUT2D eigenvalue weighted by molar-refractivity contribution is 7.07. The first-order valence-electron chi connectivity index (χ1n) is 7.28. The first-order chi connectivity index (χ1) is 10.3. The molecule has 0 aliphatic carbocycles. The van der Waals surface area contributed by atoms with Crippen molar-refractivity contribution in [3.63, 3.8) is 0 Å². The van der Waals surface area contributed by atoms with Crippen LogP contribution in [-0.2, 0) is 6.42 Å². The average molecular weight is 306 g/mol. The highest BCUT2D eigenvalue weighted by atomic mass is 32.1. The molecule has 0 spiro atoms. The molecule has 0 bridgehead atoms. The van der Waals surface area contributed by atoms with Crippen LogP contribution in [0, 0.1) is 0 Å². The second kappa shape index (κ2) is 7.95. The smallest absolute Gasteiger partial charge is 0.134 e. The highest BCUT2D eigenvalue weighted by Gasteiger charge is 2.13. The number of hydrogen-bond acceptors (Lipinski definition) is 6. The summed E-state index contributed by atoms with van der Waals surface area (Å²) in [5.74, 6) is 1.68. The summed E-state index contributed by atoms with van der Waals surface area (Å²) in [7, 11) is 0. The molecule has 0 saturated carbocycles. The summed E-state index contributed by atoms with van der Waals surface area (Å²) in [6.07, 6.45) is 2.95. The van der Waals surface area contributed by atoms with Gasteiger partial charge in [-0.15, -0.1) is 0 Å². The summed E-state index contributed by atoms with van der Waals surface area (Å²) in [4.78, 5) is 8.62. The third-order valence-corrected chi connectivity index (χ3v) is 3.88. The minimum atomic E-state index is -0.525. The first-order valence-corrected chi connectivity index (χ1v) is 8.22. The molecule has 0 saturated heterocycles. The van der Waals surface area contributed by atoms with Crippen molar-refractivity contribution >= 4 is 23.0 Å². The fourth-order valence-electron chi connectivity index (χ4n) is 2.15. The molecule has 2 rings (SSSR count). The Balaban J connectivity index is 2.09. The van der Waals surface area contributed by atoms with Crippen LogP contribution in [0.15, 0.2) is 23.2 Å². The van der Waals surface area contributed by atoms with Gasteiger partial charge in [0.15, 0.2) is 0 Å². The number of nitrogens with zero attached hydrogens (tertiary/aromatic N) is 2. The molecule has 21 heavy (non-hydrogen) atoms. The number of aromatic nitrogens is 2. The molecule has 0 aliphatic rings. The highest BCUT2D eigenvalue weighted by Crippen LogP contribution is 2.23. The van der Waals surface area contributed by atoms with Crippen LogP contribution in [0.2, 0.25) is 0 Å². The molecule has 6 heteroatoms. The third-order valence-electron chi connectivity index (χ3n) is 3.18. The average Bonchev–Trinajstić information content (AvgIpc) is 3.02. The molecule has 114 valence electrons. The summed E-state index contributed by atoms with van der Waals surface area (Å²) >= 11 is 1.59. The van der Waals surface area contributed by atoms with Gasteiger partial charge in [-0.3, -0.25) is 0 Å². The third kappa shape index (κ3) is 4.15. The fourth-order valence-corrected chi connectivity index (χ4v) is 2.85. The topological polar surface area (TPSA) is 70.1 Å². The lowest BCUT2D eigenvalue weighted by Gasteiger charge is -2.16. The van der Waals surface area contributed by atoms with E-state index in [1.165, 1.54) is 0 Å². The van der Waals surface area contributed by atoms with E-state index in [2.05, 4.69) is 27.5 Å². The minimum absolute atomic E-state index is 0.441. The van der Waals surface area contributed by atoms with Crippen LogP contribution in [-0.4, -0.2) is 28.2 Å². The van der Waals surface area contributed by atoms with E-state index < -0.39 is 6.10 Å². The molecular weight excluding hydrogens is 284 g/mol. The molecule has 0 amide bonds. The largest absolute Gasteiger partial charge is 0.387 e. The van der Waals surface area contributed by atoms with Crippen molar-refractivity contribution in [3.05, 3.63) is 34.3 Å².